The molecule has 0 aromatic heterocycles. The first-order valence-electron chi connectivity index (χ1n) is 9.63. The fourth-order valence-electron chi connectivity index (χ4n) is 4.18. The van der Waals surface area contributed by atoms with E-state index in [0.29, 0.717) is 5.92 Å². The van der Waals surface area contributed by atoms with Crippen LogP contribution in [0.5, 0.6) is 0 Å². The molecule has 0 radical (unpaired) electrons. The van der Waals surface area contributed by atoms with Crippen molar-refractivity contribution in [2.24, 2.45) is 0 Å². The molecule has 0 saturated carbocycles. The first-order valence-corrected chi connectivity index (χ1v) is 9.63. The number of benzene rings is 3. The lowest BCUT2D eigenvalue weighted by atomic mass is 9.77. The van der Waals surface area contributed by atoms with Crippen molar-refractivity contribution in [3.8, 4) is 0 Å². The Balaban J connectivity index is 2.03. The van der Waals surface area contributed by atoms with Crippen molar-refractivity contribution >= 4 is 11.1 Å². The summed E-state index contributed by atoms with van der Waals surface area (Å²) in [5.74, 6) is 0.506. The molecule has 1 aliphatic rings. The highest BCUT2D eigenvalue weighted by molar-refractivity contribution is 6.01. The second-order valence-corrected chi connectivity index (χ2v) is 7.62. The van der Waals surface area contributed by atoms with Crippen LogP contribution in [0.25, 0.3) is 11.1 Å². The van der Waals surface area contributed by atoms with Gasteiger partial charge in [0.05, 0.1) is 0 Å². The molecule has 0 bridgehead atoms. The summed E-state index contributed by atoms with van der Waals surface area (Å²) in [5, 5.41) is 0. The molecule has 130 valence electrons. The smallest absolute Gasteiger partial charge is 0.00676 e. The molecule has 26 heavy (non-hydrogen) atoms. The number of allylic oxidation sites excluding steroid dienone is 1. The van der Waals surface area contributed by atoms with Gasteiger partial charge >= 0.3 is 0 Å². The van der Waals surface area contributed by atoms with Crippen LogP contribution in [0, 0.1) is 6.92 Å². The van der Waals surface area contributed by atoms with Gasteiger partial charge < -0.3 is 0 Å². The van der Waals surface area contributed by atoms with Gasteiger partial charge in [0.1, 0.15) is 0 Å². The second kappa shape index (κ2) is 6.96. The number of rotatable bonds is 3. The number of hydrogen-bond acceptors (Lipinski definition) is 0. The lowest BCUT2D eigenvalue weighted by Gasteiger charge is -2.27. The molecule has 4 rings (SSSR count). The van der Waals surface area contributed by atoms with Crippen LogP contribution in [0.1, 0.15) is 59.6 Å². The minimum absolute atomic E-state index is 0.506. The quantitative estimate of drug-likeness (QED) is 0.481. The standard InChI is InChI=1S/C26H26/c1-18(2)22-11-7-8-12-25(22)26-23(20-9-5-4-6-10-20)16-14-21-17-19(3)13-15-24(21)26/h4-13,15,17-18H,14,16H2,1-3H3. The zero-order chi connectivity index (χ0) is 18.1. The van der Waals surface area contributed by atoms with Crippen LogP contribution >= 0.6 is 0 Å². The molecule has 0 nitrogen and oxygen atoms in total. The topological polar surface area (TPSA) is 0 Å². The third-order valence-electron chi connectivity index (χ3n) is 5.45. The van der Waals surface area contributed by atoms with E-state index in [1.54, 1.807) is 0 Å². The fraction of sp³-hybridized carbons (Fsp3) is 0.231. The SMILES string of the molecule is Cc1ccc2c(c1)CCC(c1ccccc1)=C2c1ccccc1C(C)C. The molecule has 0 N–H and O–H groups in total. The molecule has 0 heteroatoms. The van der Waals surface area contributed by atoms with Crippen molar-refractivity contribution in [1.82, 2.24) is 0 Å². The Kier molecular flexibility index (Phi) is 4.51. The third-order valence-corrected chi connectivity index (χ3v) is 5.45. The molecule has 0 unspecified atom stereocenters. The van der Waals surface area contributed by atoms with E-state index in [1.165, 1.54) is 44.5 Å². The summed E-state index contributed by atoms with van der Waals surface area (Å²) < 4.78 is 0. The normalized spacial score (nSPS) is 13.8. The van der Waals surface area contributed by atoms with E-state index in [-0.39, 0.29) is 0 Å². The Bertz CT molecular complexity index is 958. The zero-order valence-corrected chi connectivity index (χ0v) is 15.9. The maximum Gasteiger partial charge on any atom is -0.00676 e. The fourth-order valence-corrected chi connectivity index (χ4v) is 4.18. The predicted molar refractivity (Wildman–Crippen MR) is 112 cm³/mol. The Hall–Kier alpha value is -2.60. The summed E-state index contributed by atoms with van der Waals surface area (Å²) in [5.41, 5.74) is 11.3. The summed E-state index contributed by atoms with van der Waals surface area (Å²) in [4.78, 5) is 0. The highest BCUT2D eigenvalue weighted by Gasteiger charge is 2.23. The number of hydrogen-bond donors (Lipinski definition) is 0. The van der Waals surface area contributed by atoms with E-state index < -0.39 is 0 Å². The number of aryl methyl sites for hydroxylation is 2. The average molecular weight is 338 g/mol. The van der Waals surface area contributed by atoms with Gasteiger partial charge in [-0.05, 0) is 64.6 Å². The monoisotopic (exact) mass is 338 g/mol. The van der Waals surface area contributed by atoms with Crippen LogP contribution in [-0.4, -0.2) is 0 Å². The van der Waals surface area contributed by atoms with Gasteiger partial charge in [-0.3, -0.25) is 0 Å². The van der Waals surface area contributed by atoms with E-state index in [0.717, 1.165) is 12.8 Å². The van der Waals surface area contributed by atoms with Crippen LogP contribution in [0.15, 0.2) is 72.8 Å². The van der Waals surface area contributed by atoms with E-state index >= 15 is 0 Å². The highest BCUT2D eigenvalue weighted by Crippen LogP contribution is 2.43. The van der Waals surface area contributed by atoms with Crippen LogP contribution in [-0.2, 0) is 6.42 Å². The molecule has 1 aliphatic carbocycles. The van der Waals surface area contributed by atoms with Gasteiger partial charge in [-0.2, -0.15) is 0 Å². The minimum Gasteiger partial charge on any atom is -0.0622 e. The highest BCUT2D eigenvalue weighted by atomic mass is 14.3. The van der Waals surface area contributed by atoms with Crippen molar-refractivity contribution in [3.05, 3.63) is 106 Å². The van der Waals surface area contributed by atoms with Crippen LogP contribution in [0.2, 0.25) is 0 Å². The first kappa shape index (κ1) is 16.8. The van der Waals surface area contributed by atoms with Crippen molar-refractivity contribution in [1.29, 1.82) is 0 Å². The molecule has 0 aliphatic heterocycles. The van der Waals surface area contributed by atoms with Crippen molar-refractivity contribution in [2.45, 2.75) is 39.5 Å². The van der Waals surface area contributed by atoms with E-state index in [9.17, 15) is 0 Å². The lowest BCUT2D eigenvalue weighted by molar-refractivity contribution is 0.862. The number of fused-ring (bicyclic) bond motifs is 1. The van der Waals surface area contributed by atoms with E-state index in [4.69, 9.17) is 0 Å². The van der Waals surface area contributed by atoms with E-state index in [1.807, 2.05) is 0 Å². The van der Waals surface area contributed by atoms with Crippen molar-refractivity contribution < 1.29 is 0 Å². The van der Waals surface area contributed by atoms with Gasteiger partial charge in [-0.25, -0.2) is 0 Å². The van der Waals surface area contributed by atoms with Gasteiger partial charge in [0.25, 0.3) is 0 Å². The summed E-state index contributed by atoms with van der Waals surface area (Å²) in [6, 6.07) is 26.8. The van der Waals surface area contributed by atoms with Gasteiger partial charge in [-0.1, -0.05) is 92.2 Å². The summed E-state index contributed by atoms with van der Waals surface area (Å²) in [6.07, 6.45) is 2.22. The molecule has 0 amide bonds. The van der Waals surface area contributed by atoms with Gasteiger partial charge in [0.15, 0.2) is 0 Å². The van der Waals surface area contributed by atoms with Crippen LogP contribution < -0.4 is 0 Å². The summed E-state index contributed by atoms with van der Waals surface area (Å²) in [6.45, 7) is 6.78. The largest absolute Gasteiger partial charge is 0.0622 e. The molecule has 0 fully saturated rings. The summed E-state index contributed by atoms with van der Waals surface area (Å²) in [7, 11) is 0. The molecule has 0 heterocycles. The molecule has 3 aromatic carbocycles. The Morgan fingerprint density at radius 3 is 2.23 bits per heavy atom. The second-order valence-electron chi connectivity index (χ2n) is 7.62. The van der Waals surface area contributed by atoms with Crippen LogP contribution in [0.3, 0.4) is 0 Å². The molecular formula is C26H26. The van der Waals surface area contributed by atoms with Crippen molar-refractivity contribution in [3.63, 3.8) is 0 Å². The van der Waals surface area contributed by atoms with Crippen molar-refractivity contribution in [2.75, 3.05) is 0 Å². The summed E-state index contributed by atoms with van der Waals surface area (Å²) >= 11 is 0. The van der Waals surface area contributed by atoms with E-state index in [2.05, 4.69) is 93.6 Å². The predicted octanol–water partition coefficient (Wildman–Crippen LogP) is 7.02. The molecule has 0 spiro atoms. The minimum atomic E-state index is 0.506. The third kappa shape index (κ3) is 3.01. The van der Waals surface area contributed by atoms with Crippen LogP contribution in [0.4, 0.5) is 0 Å². The lowest BCUT2D eigenvalue weighted by Crippen LogP contribution is -2.08. The van der Waals surface area contributed by atoms with Gasteiger partial charge in [-0.15, -0.1) is 0 Å². The maximum atomic E-state index is 2.37. The average Bonchev–Trinajstić information content (AvgIpc) is 2.67. The molecule has 0 saturated heterocycles. The van der Waals surface area contributed by atoms with Gasteiger partial charge in [0.2, 0.25) is 0 Å². The zero-order valence-electron chi connectivity index (χ0n) is 15.9. The molecule has 3 aromatic rings. The first-order chi connectivity index (χ1) is 12.6. The Morgan fingerprint density at radius 1 is 0.731 bits per heavy atom. The Morgan fingerprint density at radius 2 is 1.46 bits per heavy atom. The molecule has 0 atom stereocenters. The molecular weight excluding hydrogens is 312 g/mol. The Labute approximate surface area is 157 Å². The maximum absolute atomic E-state index is 2.37. The van der Waals surface area contributed by atoms with Gasteiger partial charge in [0, 0.05) is 0 Å².